The summed E-state index contributed by atoms with van der Waals surface area (Å²) in [6.07, 6.45) is 3.79. The Morgan fingerprint density at radius 3 is 2.48 bits per heavy atom. The van der Waals surface area contributed by atoms with E-state index in [2.05, 4.69) is 39.0 Å². The third kappa shape index (κ3) is 2.63. The summed E-state index contributed by atoms with van der Waals surface area (Å²) in [5, 5.41) is 9.72. The van der Waals surface area contributed by atoms with Crippen molar-refractivity contribution in [2.75, 3.05) is 0 Å². The molecule has 3 nitrogen and oxygen atoms in total. The van der Waals surface area contributed by atoms with Gasteiger partial charge in [-0.25, -0.2) is 4.79 Å². The van der Waals surface area contributed by atoms with Crippen LogP contribution in [0.2, 0.25) is 0 Å². The van der Waals surface area contributed by atoms with Crippen LogP contribution >= 0.6 is 0 Å². The number of hydrogen-bond donors (Lipinski definition) is 1. The molecule has 118 valence electrons. The number of carbonyl (C=O) groups is 1. The minimum absolute atomic E-state index is 0.0188. The molecule has 0 fully saturated rings. The number of aryl methyl sites for hydroxylation is 1. The Morgan fingerprint density at radius 2 is 1.83 bits per heavy atom. The topological polar surface area (TPSA) is 41.7 Å². The number of carboxylic acid groups (broad SMARTS) is 1. The van der Waals surface area contributed by atoms with Crippen molar-refractivity contribution < 1.29 is 9.90 Å². The molecule has 0 saturated heterocycles. The van der Waals surface area contributed by atoms with E-state index in [4.69, 9.17) is 0 Å². The van der Waals surface area contributed by atoms with Crippen molar-refractivity contribution in [3.05, 3.63) is 65.5 Å². The maximum absolute atomic E-state index is 11.8. The summed E-state index contributed by atoms with van der Waals surface area (Å²) >= 11 is 0. The van der Waals surface area contributed by atoms with Gasteiger partial charge in [-0.05, 0) is 41.2 Å². The van der Waals surface area contributed by atoms with Crippen LogP contribution in [0.3, 0.4) is 0 Å². The second-order valence-electron chi connectivity index (χ2n) is 7.00. The lowest BCUT2D eigenvalue weighted by atomic mass is 9.84. The van der Waals surface area contributed by atoms with E-state index >= 15 is 0 Å². The molecule has 3 rings (SSSR count). The molecule has 0 bridgehead atoms. The van der Waals surface area contributed by atoms with Crippen LogP contribution in [0.15, 0.2) is 48.8 Å². The molecule has 0 spiro atoms. The lowest BCUT2D eigenvalue weighted by Gasteiger charge is -2.21. The second kappa shape index (κ2) is 5.27. The molecule has 23 heavy (non-hydrogen) atoms. The molecule has 1 N–H and O–H groups in total. The Balaban J connectivity index is 2.33. The summed E-state index contributed by atoms with van der Waals surface area (Å²) in [6.45, 7) is 8.51. The Labute approximate surface area is 136 Å². The Kier molecular flexibility index (Phi) is 3.52. The van der Waals surface area contributed by atoms with Crippen LogP contribution in [0.5, 0.6) is 0 Å². The number of carboxylic acids is 1. The fraction of sp³-hybridized carbons (Fsp3) is 0.250. The molecular formula is C20H21NO2. The summed E-state index contributed by atoms with van der Waals surface area (Å²) < 4.78 is 1.88. The van der Waals surface area contributed by atoms with Gasteiger partial charge in [-0.15, -0.1) is 0 Å². The summed E-state index contributed by atoms with van der Waals surface area (Å²) in [6, 6.07) is 11.9. The summed E-state index contributed by atoms with van der Waals surface area (Å²) in [5.41, 5.74) is 5.13. The average Bonchev–Trinajstić information content (AvgIpc) is 2.85. The highest BCUT2D eigenvalue weighted by Gasteiger charge is 2.21. The zero-order valence-electron chi connectivity index (χ0n) is 13.9. The maximum Gasteiger partial charge on any atom is 0.338 e. The molecule has 0 aliphatic carbocycles. The van der Waals surface area contributed by atoms with E-state index in [1.54, 1.807) is 0 Å². The average molecular weight is 307 g/mol. The number of aromatic carboxylic acids is 1. The SMILES string of the molecule is Cc1ccc(C(C)(C)C)cc1-c1cn2ccccc2c1C(=O)O. The van der Waals surface area contributed by atoms with E-state index in [0.717, 1.165) is 22.2 Å². The van der Waals surface area contributed by atoms with Crippen molar-refractivity contribution in [3.8, 4) is 11.1 Å². The summed E-state index contributed by atoms with van der Waals surface area (Å²) in [7, 11) is 0. The first-order chi connectivity index (χ1) is 10.8. The molecule has 2 aromatic heterocycles. The molecule has 3 aromatic rings. The Bertz CT molecular complexity index is 898. The highest BCUT2D eigenvalue weighted by molar-refractivity contribution is 6.04. The van der Waals surface area contributed by atoms with Gasteiger partial charge in [0, 0.05) is 18.0 Å². The molecule has 0 unspecified atom stereocenters. The van der Waals surface area contributed by atoms with E-state index in [9.17, 15) is 9.90 Å². The first-order valence-corrected chi connectivity index (χ1v) is 7.73. The number of aromatic nitrogens is 1. The Morgan fingerprint density at radius 1 is 1.09 bits per heavy atom. The minimum atomic E-state index is -0.894. The first kappa shape index (κ1) is 15.3. The number of rotatable bonds is 2. The molecule has 0 saturated carbocycles. The summed E-state index contributed by atoms with van der Waals surface area (Å²) in [4.78, 5) is 11.8. The third-order valence-corrected chi connectivity index (χ3v) is 4.29. The van der Waals surface area contributed by atoms with Crippen molar-refractivity contribution in [2.45, 2.75) is 33.1 Å². The predicted molar refractivity (Wildman–Crippen MR) is 93.2 cm³/mol. The van der Waals surface area contributed by atoms with E-state index in [0.29, 0.717) is 5.56 Å². The van der Waals surface area contributed by atoms with Gasteiger partial charge in [0.25, 0.3) is 0 Å². The van der Waals surface area contributed by atoms with Gasteiger partial charge in [-0.2, -0.15) is 0 Å². The van der Waals surface area contributed by atoms with Gasteiger partial charge in [-0.1, -0.05) is 45.0 Å². The normalized spacial score (nSPS) is 11.8. The molecule has 2 heterocycles. The van der Waals surface area contributed by atoms with Gasteiger partial charge in [0.1, 0.15) is 0 Å². The molecule has 1 aromatic carbocycles. The number of pyridine rings is 1. The van der Waals surface area contributed by atoms with Crippen LogP contribution in [0, 0.1) is 6.92 Å². The molecule has 3 heteroatoms. The van der Waals surface area contributed by atoms with E-state index < -0.39 is 5.97 Å². The van der Waals surface area contributed by atoms with Gasteiger partial charge >= 0.3 is 5.97 Å². The number of benzene rings is 1. The van der Waals surface area contributed by atoms with Gasteiger partial charge in [0.2, 0.25) is 0 Å². The zero-order valence-corrected chi connectivity index (χ0v) is 13.9. The molecule has 0 atom stereocenters. The standard InChI is InChI=1S/C20H21NO2/c1-13-8-9-14(20(2,3)4)11-15(13)16-12-21-10-6-5-7-17(21)18(16)19(22)23/h5-12H,1-4H3,(H,22,23). The maximum atomic E-state index is 11.8. The molecule has 0 aliphatic rings. The molecule has 0 aliphatic heterocycles. The van der Waals surface area contributed by atoms with E-state index in [-0.39, 0.29) is 5.41 Å². The molecular weight excluding hydrogens is 286 g/mol. The summed E-state index contributed by atoms with van der Waals surface area (Å²) in [5.74, 6) is -0.894. The largest absolute Gasteiger partial charge is 0.478 e. The fourth-order valence-electron chi connectivity index (χ4n) is 2.93. The quantitative estimate of drug-likeness (QED) is 0.731. The zero-order chi connectivity index (χ0) is 16.8. The lowest BCUT2D eigenvalue weighted by molar-refractivity contribution is 0.0700. The van der Waals surface area contributed by atoms with Crippen LogP contribution in [0.4, 0.5) is 0 Å². The first-order valence-electron chi connectivity index (χ1n) is 7.73. The van der Waals surface area contributed by atoms with Crippen molar-refractivity contribution in [3.63, 3.8) is 0 Å². The molecule has 0 radical (unpaired) electrons. The smallest absolute Gasteiger partial charge is 0.338 e. The van der Waals surface area contributed by atoms with Crippen molar-refractivity contribution in [1.82, 2.24) is 4.40 Å². The predicted octanol–water partition coefficient (Wildman–Crippen LogP) is 4.91. The van der Waals surface area contributed by atoms with Crippen molar-refractivity contribution in [2.24, 2.45) is 0 Å². The number of nitrogens with zero attached hydrogens (tertiary/aromatic N) is 1. The highest BCUT2D eigenvalue weighted by atomic mass is 16.4. The fourth-order valence-corrected chi connectivity index (χ4v) is 2.93. The number of hydrogen-bond acceptors (Lipinski definition) is 1. The van der Waals surface area contributed by atoms with Crippen LogP contribution in [0.25, 0.3) is 16.6 Å². The van der Waals surface area contributed by atoms with Gasteiger partial charge in [-0.3, -0.25) is 0 Å². The number of fused-ring (bicyclic) bond motifs is 1. The third-order valence-electron chi connectivity index (χ3n) is 4.29. The monoisotopic (exact) mass is 307 g/mol. The van der Waals surface area contributed by atoms with Crippen LogP contribution < -0.4 is 0 Å². The lowest BCUT2D eigenvalue weighted by Crippen LogP contribution is -2.11. The van der Waals surface area contributed by atoms with Gasteiger partial charge in [0.15, 0.2) is 0 Å². The van der Waals surface area contributed by atoms with Crippen molar-refractivity contribution in [1.29, 1.82) is 0 Å². The minimum Gasteiger partial charge on any atom is -0.478 e. The van der Waals surface area contributed by atoms with Crippen LogP contribution in [-0.4, -0.2) is 15.5 Å². The van der Waals surface area contributed by atoms with Gasteiger partial charge < -0.3 is 9.51 Å². The van der Waals surface area contributed by atoms with E-state index in [1.807, 2.05) is 41.9 Å². The van der Waals surface area contributed by atoms with E-state index in [1.165, 1.54) is 5.56 Å². The van der Waals surface area contributed by atoms with Gasteiger partial charge in [0.05, 0.1) is 11.1 Å². The Hall–Kier alpha value is -2.55. The molecule has 0 amide bonds. The van der Waals surface area contributed by atoms with Crippen molar-refractivity contribution >= 4 is 11.5 Å². The highest BCUT2D eigenvalue weighted by Crippen LogP contribution is 2.34. The second-order valence-corrected chi connectivity index (χ2v) is 7.00. The van der Waals surface area contributed by atoms with Crippen LogP contribution in [0.1, 0.15) is 42.3 Å². The van der Waals surface area contributed by atoms with Crippen LogP contribution in [-0.2, 0) is 5.41 Å².